The molecular formula is C6H5ClF5N3S. The van der Waals surface area contributed by atoms with Gasteiger partial charge >= 0.3 is 11.6 Å². The molecule has 0 radical (unpaired) electrons. The van der Waals surface area contributed by atoms with Crippen LogP contribution in [0.2, 0.25) is 0 Å². The SMILES string of the molecule is NNC(c1cnc(C(F)(F)F)s1)C(F)(F)Cl. The third-order valence-electron chi connectivity index (χ3n) is 1.54. The summed E-state index contributed by atoms with van der Waals surface area (Å²) >= 11 is 4.74. The monoisotopic (exact) mass is 281 g/mol. The molecule has 92 valence electrons. The number of hydrazine groups is 1. The van der Waals surface area contributed by atoms with Gasteiger partial charge in [0.2, 0.25) is 0 Å². The van der Waals surface area contributed by atoms with E-state index >= 15 is 0 Å². The number of alkyl halides is 6. The highest BCUT2D eigenvalue weighted by molar-refractivity contribution is 7.11. The minimum atomic E-state index is -4.68. The second kappa shape index (κ2) is 4.40. The topological polar surface area (TPSA) is 50.9 Å². The van der Waals surface area contributed by atoms with Crippen LogP contribution in [0.4, 0.5) is 22.0 Å². The zero-order valence-corrected chi connectivity index (χ0v) is 8.93. The van der Waals surface area contributed by atoms with Crippen LogP contribution < -0.4 is 11.3 Å². The van der Waals surface area contributed by atoms with Gasteiger partial charge in [0.1, 0.15) is 6.04 Å². The minimum absolute atomic E-state index is 0.0563. The molecule has 1 rings (SSSR count). The maximum atomic E-state index is 12.7. The van der Waals surface area contributed by atoms with Gasteiger partial charge in [0.25, 0.3) is 0 Å². The van der Waals surface area contributed by atoms with Crippen molar-refractivity contribution < 1.29 is 22.0 Å². The number of hydrogen-bond acceptors (Lipinski definition) is 4. The second-order valence-corrected chi connectivity index (χ2v) is 4.27. The van der Waals surface area contributed by atoms with Crippen molar-refractivity contribution in [2.45, 2.75) is 17.6 Å². The van der Waals surface area contributed by atoms with Gasteiger partial charge in [-0.1, -0.05) is 0 Å². The van der Waals surface area contributed by atoms with Crippen LogP contribution >= 0.6 is 22.9 Å². The molecule has 0 aliphatic rings. The van der Waals surface area contributed by atoms with Gasteiger partial charge in [0, 0.05) is 6.20 Å². The summed E-state index contributed by atoms with van der Waals surface area (Å²) in [4.78, 5) is 2.58. The maximum Gasteiger partial charge on any atom is 0.443 e. The van der Waals surface area contributed by atoms with Crippen molar-refractivity contribution in [2.24, 2.45) is 5.84 Å². The van der Waals surface area contributed by atoms with Crippen molar-refractivity contribution in [3.63, 3.8) is 0 Å². The van der Waals surface area contributed by atoms with E-state index in [0.29, 0.717) is 6.20 Å². The molecule has 3 nitrogen and oxygen atoms in total. The van der Waals surface area contributed by atoms with Crippen molar-refractivity contribution in [3.8, 4) is 0 Å². The maximum absolute atomic E-state index is 12.7. The predicted octanol–water partition coefficient (Wildman–Crippen LogP) is 2.50. The van der Waals surface area contributed by atoms with Crippen molar-refractivity contribution in [1.82, 2.24) is 10.4 Å². The molecule has 16 heavy (non-hydrogen) atoms. The third-order valence-corrected chi connectivity index (χ3v) is 2.87. The number of nitrogens with one attached hydrogen (secondary N) is 1. The minimum Gasteiger partial charge on any atom is -0.271 e. The Morgan fingerprint density at radius 3 is 2.25 bits per heavy atom. The van der Waals surface area contributed by atoms with E-state index in [1.54, 1.807) is 5.43 Å². The molecule has 1 aromatic heterocycles. The first-order valence-corrected chi connectivity index (χ1v) is 4.91. The zero-order chi connectivity index (χ0) is 12.6. The van der Waals surface area contributed by atoms with Crippen molar-refractivity contribution in [1.29, 1.82) is 0 Å². The number of nitrogens with zero attached hydrogens (tertiary/aromatic N) is 1. The van der Waals surface area contributed by atoms with Crippen LogP contribution in [0.5, 0.6) is 0 Å². The van der Waals surface area contributed by atoms with Crippen LogP contribution in [0.25, 0.3) is 0 Å². The molecule has 0 aromatic carbocycles. The van der Waals surface area contributed by atoms with E-state index in [2.05, 4.69) is 16.6 Å². The van der Waals surface area contributed by atoms with Gasteiger partial charge in [-0.15, -0.1) is 11.3 Å². The van der Waals surface area contributed by atoms with Gasteiger partial charge in [0.05, 0.1) is 4.88 Å². The lowest BCUT2D eigenvalue weighted by molar-refractivity contribution is -0.137. The highest BCUT2D eigenvalue weighted by atomic mass is 35.5. The molecule has 1 heterocycles. The van der Waals surface area contributed by atoms with Crippen LogP contribution in [0.3, 0.4) is 0 Å². The fourth-order valence-electron chi connectivity index (χ4n) is 0.889. The normalized spacial score (nSPS) is 15.2. The Labute approximate surface area is 95.4 Å². The lowest BCUT2D eigenvalue weighted by Crippen LogP contribution is -2.37. The number of nitrogens with two attached hydrogens (primary N) is 1. The highest BCUT2D eigenvalue weighted by Crippen LogP contribution is 2.40. The van der Waals surface area contributed by atoms with E-state index < -0.39 is 27.5 Å². The number of thiazole rings is 1. The fraction of sp³-hybridized carbons (Fsp3) is 0.500. The standard InChI is InChI=1S/C6H5ClF5N3S/c7-5(8,9)3(15-13)2-1-14-4(16-2)6(10,11)12/h1,3,15H,13H2. The summed E-state index contributed by atoms with van der Waals surface area (Å²) in [5, 5.41) is -5.03. The van der Waals surface area contributed by atoms with E-state index in [1.165, 1.54) is 0 Å². The summed E-state index contributed by atoms with van der Waals surface area (Å²) in [6.45, 7) is 0. The average Bonchev–Trinajstić information content (AvgIpc) is 2.50. The van der Waals surface area contributed by atoms with Gasteiger partial charge in [-0.05, 0) is 11.6 Å². The molecule has 3 N–H and O–H groups in total. The summed E-state index contributed by atoms with van der Waals surface area (Å²) in [7, 11) is 0. The molecule has 1 unspecified atom stereocenters. The van der Waals surface area contributed by atoms with Crippen LogP contribution in [0.1, 0.15) is 15.9 Å². The Morgan fingerprint density at radius 2 is 1.94 bits per heavy atom. The number of rotatable bonds is 3. The lowest BCUT2D eigenvalue weighted by Gasteiger charge is -2.18. The molecular weight excluding hydrogens is 277 g/mol. The van der Waals surface area contributed by atoms with Crippen molar-refractivity contribution >= 4 is 22.9 Å². The molecule has 0 saturated heterocycles. The largest absolute Gasteiger partial charge is 0.443 e. The number of halogens is 6. The van der Waals surface area contributed by atoms with Gasteiger partial charge in [-0.2, -0.15) is 22.0 Å². The zero-order valence-electron chi connectivity index (χ0n) is 7.36. The molecule has 0 aliphatic heterocycles. The molecule has 1 atom stereocenters. The Kier molecular flexibility index (Phi) is 3.72. The molecule has 0 amide bonds. The van der Waals surface area contributed by atoms with Crippen molar-refractivity contribution in [2.75, 3.05) is 0 Å². The Balaban J connectivity index is 3.01. The van der Waals surface area contributed by atoms with Gasteiger partial charge < -0.3 is 0 Å². The summed E-state index contributed by atoms with van der Waals surface area (Å²) in [6.07, 6.45) is -4.02. The summed E-state index contributed by atoms with van der Waals surface area (Å²) in [6, 6.07) is -1.91. The van der Waals surface area contributed by atoms with Crippen molar-refractivity contribution in [3.05, 3.63) is 16.1 Å². The first-order chi connectivity index (χ1) is 7.16. The molecule has 0 saturated carbocycles. The summed E-state index contributed by atoms with van der Waals surface area (Å²) in [5.74, 6) is 4.79. The first kappa shape index (κ1) is 13.6. The molecule has 0 spiro atoms. The van der Waals surface area contributed by atoms with Crippen LogP contribution in [0, 0.1) is 0 Å². The first-order valence-electron chi connectivity index (χ1n) is 3.72. The highest BCUT2D eigenvalue weighted by Gasteiger charge is 2.41. The van der Waals surface area contributed by atoms with E-state index in [4.69, 9.17) is 5.84 Å². The summed E-state index contributed by atoms with van der Waals surface area (Å²) in [5.41, 5.74) is 1.64. The molecule has 0 fully saturated rings. The van der Waals surface area contributed by atoms with Crippen LogP contribution in [-0.2, 0) is 6.18 Å². The Morgan fingerprint density at radius 1 is 1.38 bits per heavy atom. The van der Waals surface area contributed by atoms with Gasteiger partial charge in [0.15, 0.2) is 5.01 Å². The molecule has 10 heteroatoms. The predicted molar refractivity (Wildman–Crippen MR) is 48.0 cm³/mol. The quantitative estimate of drug-likeness (QED) is 0.387. The van der Waals surface area contributed by atoms with Gasteiger partial charge in [-0.3, -0.25) is 5.84 Å². The average molecular weight is 282 g/mol. The van der Waals surface area contributed by atoms with Crippen LogP contribution in [0.15, 0.2) is 6.20 Å². The lowest BCUT2D eigenvalue weighted by atomic mass is 10.3. The second-order valence-electron chi connectivity index (χ2n) is 2.71. The van der Waals surface area contributed by atoms with E-state index in [-0.39, 0.29) is 11.3 Å². The summed E-state index contributed by atoms with van der Waals surface area (Å²) < 4.78 is 61.8. The number of aromatic nitrogens is 1. The van der Waals surface area contributed by atoms with Gasteiger partial charge in [-0.25, -0.2) is 10.4 Å². The smallest absolute Gasteiger partial charge is 0.271 e. The molecule has 1 aromatic rings. The van der Waals surface area contributed by atoms with E-state index in [9.17, 15) is 22.0 Å². The van der Waals surface area contributed by atoms with E-state index in [1.807, 2.05) is 0 Å². The third kappa shape index (κ3) is 3.00. The van der Waals surface area contributed by atoms with Crippen LogP contribution in [-0.4, -0.2) is 10.4 Å². The Bertz CT molecular complexity index is 360. The van der Waals surface area contributed by atoms with E-state index in [0.717, 1.165) is 0 Å². The Hall–Kier alpha value is -0.510. The number of hydrogen-bond donors (Lipinski definition) is 2. The fourth-order valence-corrected chi connectivity index (χ4v) is 2.02. The molecule has 0 aliphatic carbocycles. The molecule has 0 bridgehead atoms.